The van der Waals surface area contributed by atoms with E-state index in [9.17, 15) is 0 Å². The first-order valence-electron chi connectivity index (χ1n) is 3.58. The molecule has 1 atom stereocenters. The van der Waals surface area contributed by atoms with Gasteiger partial charge in [0.25, 0.3) is 0 Å². The molecule has 2 nitrogen and oxygen atoms in total. The van der Waals surface area contributed by atoms with E-state index in [1.54, 1.807) is 0 Å². The van der Waals surface area contributed by atoms with Crippen LogP contribution in [0.2, 0.25) is 0 Å². The average Bonchev–Trinajstić information content (AvgIpc) is 2.33. The highest BCUT2D eigenvalue weighted by atomic mass is 32.2. The van der Waals surface area contributed by atoms with Crippen molar-refractivity contribution < 1.29 is 5.21 Å². The second kappa shape index (κ2) is 3.28. The Labute approximate surface area is 65.7 Å². The van der Waals surface area contributed by atoms with E-state index >= 15 is 0 Å². The Bertz CT molecular complexity index is 145. The Hall–Kier alpha value is -0.180. The predicted molar refractivity (Wildman–Crippen MR) is 44.9 cm³/mol. The molecule has 0 aromatic carbocycles. The van der Waals surface area contributed by atoms with Gasteiger partial charge in [-0.25, -0.2) is 0 Å². The zero-order chi connectivity index (χ0) is 7.56. The molecule has 1 unspecified atom stereocenters. The van der Waals surface area contributed by atoms with E-state index in [4.69, 9.17) is 5.21 Å². The summed E-state index contributed by atoms with van der Waals surface area (Å²) in [5.74, 6) is 1.71. The Kier molecular flexibility index (Phi) is 2.60. The lowest BCUT2D eigenvalue weighted by Crippen LogP contribution is -2.17. The minimum Gasteiger partial charge on any atom is -0.411 e. The predicted octanol–water partition coefficient (Wildman–Crippen LogP) is 1.98. The van der Waals surface area contributed by atoms with Crippen LogP contribution in [0.5, 0.6) is 0 Å². The summed E-state index contributed by atoms with van der Waals surface area (Å²) in [5, 5.41) is 12.3. The fraction of sp³-hybridized carbons (Fsp3) is 0.857. The van der Waals surface area contributed by atoms with Crippen LogP contribution in [0, 0.1) is 5.92 Å². The highest BCUT2D eigenvalue weighted by Crippen LogP contribution is 2.29. The summed E-state index contributed by atoms with van der Waals surface area (Å²) >= 11 is 1.89. The third-order valence-corrected chi connectivity index (χ3v) is 3.33. The summed E-state index contributed by atoms with van der Waals surface area (Å²) in [5.41, 5.74) is 0.972. The second-order valence-corrected chi connectivity index (χ2v) is 4.13. The van der Waals surface area contributed by atoms with Gasteiger partial charge in [-0.1, -0.05) is 19.0 Å². The maximum atomic E-state index is 8.56. The SMILES string of the molecule is CC(C)C1SCCC1=NO. The summed E-state index contributed by atoms with van der Waals surface area (Å²) in [6, 6.07) is 0. The minimum atomic E-state index is 0.463. The molecule has 0 aliphatic carbocycles. The summed E-state index contributed by atoms with van der Waals surface area (Å²) in [7, 11) is 0. The highest BCUT2D eigenvalue weighted by molar-refractivity contribution is 8.01. The average molecular weight is 159 g/mol. The fourth-order valence-corrected chi connectivity index (χ4v) is 2.54. The van der Waals surface area contributed by atoms with E-state index in [-0.39, 0.29) is 0 Å². The van der Waals surface area contributed by atoms with Crippen molar-refractivity contribution in [3.05, 3.63) is 0 Å². The first-order chi connectivity index (χ1) is 4.75. The van der Waals surface area contributed by atoms with Crippen LogP contribution in [0.15, 0.2) is 5.16 Å². The molecule has 1 aliphatic rings. The van der Waals surface area contributed by atoms with Crippen LogP contribution in [-0.2, 0) is 0 Å². The number of hydrogen-bond donors (Lipinski definition) is 1. The number of rotatable bonds is 1. The summed E-state index contributed by atoms with van der Waals surface area (Å²) in [6.07, 6.45) is 0.962. The maximum Gasteiger partial charge on any atom is 0.0711 e. The molecule has 10 heavy (non-hydrogen) atoms. The van der Waals surface area contributed by atoms with E-state index in [0.29, 0.717) is 11.2 Å². The fourth-order valence-electron chi connectivity index (χ4n) is 1.21. The standard InChI is InChI=1S/C7H13NOS/c1-5(2)7-6(8-9)3-4-10-7/h5,7,9H,3-4H2,1-2H3. The highest BCUT2D eigenvalue weighted by Gasteiger charge is 2.26. The van der Waals surface area contributed by atoms with Crippen molar-refractivity contribution in [2.45, 2.75) is 25.5 Å². The zero-order valence-electron chi connectivity index (χ0n) is 6.37. The molecule has 0 spiro atoms. The molecule has 0 radical (unpaired) electrons. The smallest absolute Gasteiger partial charge is 0.0711 e. The third kappa shape index (κ3) is 1.45. The van der Waals surface area contributed by atoms with E-state index in [1.807, 2.05) is 11.8 Å². The third-order valence-electron chi connectivity index (χ3n) is 1.72. The van der Waals surface area contributed by atoms with Gasteiger partial charge in [0.15, 0.2) is 0 Å². The van der Waals surface area contributed by atoms with Gasteiger partial charge in [-0.15, -0.1) is 0 Å². The normalized spacial score (nSPS) is 30.3. The quantitative estimate of drug-likeness (QED) is 0.468. The summed E-state index contributed by atoms with van der Waals surface area (Å²) < 4.78 is 0. The Morgan fingerprint density at radius 1 is 1.70 bits per heavy atom. The van der Waals surface area contributed by atoms with Crippen LogP contribution in [0.4, 0.5) is 0 Å². The number of hydrogen-bond acceptors (Lipinski definition) is 3. The van der Waals surface area contributed by atoms with E-state index in [2.05, 4.69) is 19.0 Å². The topological polar surface area (TPSA) is 32.6 Å². The molecular weight excluding hydrogens is 146 g/mol. The molecule has 0 amide bonds. The van der Waals surface area contributed by atoms with Crippen molar-refractivity contribution >= 4 is 17.5 Å². The molecule has 3 heteroatoms. The largest absolute Gasteiger partial charge is 0.411 e. The van der Waals surface area contributed by atoms with Crippen LogP contribution in [0.1, 0.15) is 20.3 Å². The molecule has 1 saturated heterocycles. The van der Waals surface area contributed by atoms with Crippen molar-refractivity contribution in [1.29, 1.82) is 0 Å². The lowest BCUT2D eigenvalue weighted by molar-refractivity contribution is 0.316. The molecule has 0 bridgehead atoms. The second-order valence-electron chi connectivity index (χ2n) is 2.88. The molecule has 1 aliphatic heterocycles. The minimum absolute atomic E-state index is 0.463. The van der Waals surface area contributed by atoms with E-state index < -0.39 is 0 Å². The molecule has 0 aromatic rings. The lowest BCUT2D eigenvalue weighted by atomic mass is 10.1. The number of nitrogens with zero attached hydrogens (tertiary/aromatic N) is 1. The Morgan fingerprint density at radius 2 is 2.40 bits per heavy atom. The molecule has 1 fully saturated rings. The molecule has 58 valence electrons. The number of thioether (sulfide) groups is 1. The van der Waals surface area contributed by atoms with Gasteiger partial charge in [-0.3, -0.25) is 0 Å². The summed E-state index contributed by atoms with van der Waals surface area (Å²) in [6.45, 7) is 4.32. The van der Waals surface area contributed by atoms with Gasteiger partial charge in [-0.05, 0) is 18.1 Å². The van der Waals surface area contributed by atoms with Gasteiger partial charge in [-0.2, -0.15) is 11.8 Å². The zero-order valence-corrected chi connectivity index (χ0v) is 7.19. The molecule has 1 heterocycles. The van der Waals surface area contributed by atoms with Crippen molar-refractivity contribution in [3.63, 3.8) is 0 Å². The molecule has 1 N–H and O–H groups in total. The van der Waals surface area contributed by atoms with E-state index in [0.717, 1.165) is 17.9 Å². The number of oxime groups is 1. The van der Waals surface area contributed by atoms with Crippen LogP contribution in [-0.4, -0.2) is 21.9 Å². The molecule has 0 saturated carbocycles. The first kappa shape index (κ1) is 7.92. The van der Waals surface area contributed by atoms with Gasteiger partial charge in [0.05, 0.1) is 5.71 Å². The van der Waals surface area contributed by atoms with Crippen LogP contribution in [0.3, 0.4) is 0 Å². The van der Waals surface area contributed by atoms with Gasteiger partial charge in [0.1, 0.15) is 0 Å². The summed E-state index contributed by atoms with van der Waals surface area (Å²) in [4.78, 5) is 0. The molecule has 0 aromatic heterocycles. The van der Waals surface area contributed by atoms with Crippen molar-refractivity contribution in [2.75, 3.05) is 5.75 Å². The van der Waals surface area contributed by atoms with Gasteiger partial charge in [0.2, 0.25) is 0 Å². The maximum absolute atomic E-state index is 8.56. The van der Waals surface area contributed by atoms with Crippen LogP contribution in [0.25, 0.3) is 0 Å². The first-order valence-corrected chi connectivity index (χ1v) is 4.63. The van der Waals surface area contributed by atoms with Crippen molar-refractivity contribution in [3.8, 4) is 0 Å². The van der Waals surface area contributed by atoms with Crippen molar-refractivity contribution in [2.24, 2.45) is 11.1 Å². The lowest BCUT2D eigenvalue weighted by Gasteiger charge is -2.12. The van der Waals surface area contributed by atoms with Crippen LogP contribution >= 0.6 is 11.8 Å². The Morgan fingerprint density at radius 3 is 2.80 bits per heavy atom. The molecular formula is C7H13NOS. The Balaban J connectivity index is 2.59. The van der Waals surface area contributed by atoms with Crippen LogP contribution < -0.4 is 0 Å². The monoisotopic (exact) mass is 159 g/mol. The van der Waals surface area contributed by atoms with E-state index in [1.165, 1.54) is 0 Å². The van der Waals surface area contributed by atoms with Crippen molar-refractivity contribution in [1.82, 2.24) is 0 Å². The van der Waals surface area contributed by atoms with Gasteiger partial charge >= 0.3 is 0 Å². The molecule has 1 rings (SSSR count). The van der Waals surface area contributed by atoms with Gasteiger partial charge in [0, 0.05) is 5.25 Å². The van der Waals surface area contributed by atoms with Gasteiger partial charge < -0.3 is 5.21 Å².